The summed E-state index contributed by atoms with van der Waals surface area (Å²) in [6.45, 7) is 10.2. The van der Waals surface area contributed by atoms with Crippen molar-refractivity contribution in [2.75, 3.05) is 5.32 Å². The molecule has 4 heteroatoms. The quantitative estimate of drug-likeness (QED) is 0.895. The molecule has 0 spiro atoms. The fourth-order valence-electron chi connectivity index (χ4n) is 2.04. The average molecular weight is 258 g/mol. The second-order valence-electron chi connectivity index (χ2n) is 5.35. The Labute approximate surface area is 114 Å². The third-order valence-corrected chi connectivity index (χ3v) is 3.28. The maximum atomic E-state index is 4.33. The predicted molar refractivity (Wildman–Crippen MR) is 78.1 cm³/mol. The van der Waals surface area contributed by atoms with Crippen molar-refractivity contribution < 1.29 is 0 Å². The fourth-order valence-corrected chi connectivity index (χ4v) is 2.04. The molecule has 19 heavy (non-hydrogen) atoms. The first kappa shape index (κ1) is 13.6. The van der Waals surface area contributed by atoms with Crippen molar-refractivity contribution in [2.24, 2.45) is 5.92 Å². The molecule has 1 N–H and O–H groups in total. The number of aromatic nitrogens is 3. The van der Waals surface area contributed by atoms with Gasteiger partial charge in [0, 0.05) is 12.2 Å². The second-order valence-corrected chi connectivity index (χ2v) is 5.35. The third kappa shape index (κ3) is 3.34. The van der Waals surface area contributed by atoms with Crippen molar-refractivity contribution in [1.29, 1.82) is 0 Å². The molecule has 0 aliphatic carbocycles. The zero-order valence-corrected chi connectivity index (χ0v) is 12.1. The van der Waals surface area contributed by atoms with E-state index in [1.807, 2.05) is 4.68 Å². The Morgan fingerprint density at radius 3 is 2.79 bits per heavy atom. The second kappa shape index (κ2) is 5.87. The molecule has 1 aromatic carbocycles. The number of rotatable bonds is 5. The fraction of sp³-hybridized carbons (Fsp3) is 0.467. The number of benzene rings is 1. The van der Waals surface area contributed by atoms with E-state index in [1.165, 1.54) is 16.8 Å². The lowest BCUT2D eigenvalue weighted by molar-refractivity contribution is 0.468. The Balaban J connectivity index is 2.06. The summed E-state index contributed by atoms with van der Waals surface area (Å²) in [7, 11) is 0. The molecule has 2 rings (SSSR count). The summed E-state index contributed by atoms with van der Waals surface area (Å²) in [4.78, 5) is 4.33. The highest BCUT2D eigenvalue weighted by Crippen LogP contribution is 2.18. The number of nitrogens with one attached hydrogen (secondary N) is 1. The van der Waals surface area contributed by atoms with E-state index in [2.05, 4.69) is 61.3 Å². The molecular weight excluding hydrogens is 236 g/mol. The van der Waals surface area contributed by atoms with Gasteiger partial charge in [-0.3, -0.25) is 0 Å². The molecule has 102 valence electrons. The first-order chi connectivity index (χ1) is 9.08. The van der Waals surface area contributed by atoms with Crippen LogP contribution in [0.2, 0.25) is 0 Å². The molecule has 0 saturated carbocycles. The van der Waals surface area contributed by atoms with Crippen LogP contribution in [0.25, 0.3) is 0 Å². The van der Waals surface area contributed by atoms with E-state index in [0.29, 0.717) is 12.5 Å². The van der Waals surface area contributed by atoms with Crippen LogP contribution in [-0.4, -0.2) is 14.8 Å². The van der Waals surface area contributed by atoms with Gasteiger partial charge in [-0.2, -0.15) is 5.10 Å². The Bertz CT molecular complexity index is 543. The van der Waals surface area contributed by atoms with E-state index in [4.69, 9.17) is 0 Å². The molecule has 0 aliphatic rings. The maximum Gasteiger partial charge on any atom is 0.146 e. The summed E-state index contributed by atoms with van der Waals surface area (Å²) in [5.41, 5.74) is 3.75. The molecule has 0 atom stereocenters. The molecular formula is C15H22N4. The van der Waals surface area contributed by atoms with Crippen LogP contribution in [0, 0.1) is 19.8 Å². The Morgan fingerprint density at radius 2 is 2.05 bits per heavy atom. The summed E-state index contributed by atoms with van der Waals surface area (Å²) in [5, 5.41) is 7.72. The molecule has 0 amide bonds. The number of hydrogen-bond donors (Lipinski definition) is 1. The van der Waals surface area contributed by atoms with E-state index in [-0.39, 0.29) is 0 Å². The normalized spacial score (nSPS) is 11.0. The lowest BCUT2D eigenvalue weighted by Crippen LogP contribution is -2.13. The lowest BCUT2D eigenvalue weighted by Gasteiger charge is -2.12. The van der Waals surface area contributed by atoms with E-state index >= 15 is 0 Å². The number of hydrogen-bond acceptors (Lipinski definition) is 3. The van der Waals surface area contributed by atoms with Crippen molar-refractivity contribution in [3.8, 4) is 0 Å². The van der Waals surface area contributed by atoms with E-state index in [9.17, 15) is 0 Å². The van der Waals surface area contributed by atoms with Crippen LogP contribution in [0.5, 0.6) is 0 Å². The van der Waals surface area contributed by atoms with Crippen molar-refractivity contribution in [2.45, 2.75) is 40.8 Å². The summed E-state index contributed by atoms with van der Waals surface area (Å²) in [5.74, 6) is 1.55. The zero-order valence-electron chi connectivity index (χ0n) is 12.1. The largest absolute Gasteiger partial charge is 0.378 e. The summed E-state index contributed by atoms with van der Waals surface area (Å²) < 4.78 is 1.97. The molecule has 1 aromatic heterocycles. The van der Waals surface area contributed by atoms with Crippen molar-refractivity contribution >= 4 is 5.69 Å². The summed E-state index contributed by atoms with van der Waals surface area (Å²) in [6.07, 6.45) is 1.63. The molecule has 0 unspecified atom stereocenters. The summed E-state index contributed by atoms with van der Waals surface area (Å²) in [6, 6.07) is 6.30. The van der Waals surface area contributed by atoms with Crippen LogP contribution in [-0.2, 0) is 13.1 Å². The molecule has 0 fully saturated rings. The van der Waals surface area contributed by atoms with Crippen LogP contribution in [0.1, 0.15) is 30.8 Å². The number of nitrogens with zero attached hydrogens (tertiary/aromatic N) is 3. The Kier molecular flexibility index (Phi) is 4.20. The van der Waals surface area contributed by atoms with Gasteiger partial charge in [0.05, 0.1) is 6.54 Å². The molecule has 0 bridgehead atoms. The molecule has 0 aliphatic heterocycles. The van der Waals surface area contributed by atoms with Gasteiger partial charge >= 0.3 is 0 Å². The highest BCUT2D eigenvalue weighted by molar-refractivity contribution is 5.53. The SMILES string of the molecule is Cc1cccc(NCc2ncnn2CC(C)C)c1C. The number of anilines is 1. The van der Waals surface area contributed by atoms with Gasteiger partial charge in [0.2, 0.25) is 0 Å². The number of aryl methyl sites for hydroxylation is 1. The van der Waals surface area contributed by atoms with Crippen LogP contribution in [0.15, 0.2) is 24.5 Å². The minimum absolute atomic E-state index is 0.571. The minimum Gasteiger partial charge on any atom is -0.378 e. The van der Waals surface area contributed by atoms with Crippen LogP contribution < -0.4 is 5.32 Å². The maximum absolute atomic E-state index is 4.33. The Hall–Kier alpha value is -1.84. The van der Waals surface area contributed by atoms with E-state index in [0.717, 1.165) is 12.4 Å². The summed E-state index contributed by atoms with van der Waals surface area (Å²) >= 11 is 0. The van der Waals surface area contributed by atoms with Crippen LogP contribution in [0.3, 0.4) is 0 Å². The standard InChI is InChI=1S/C15H22N4/c1-11(2)9-19-15(17-10-18-19)8-16-14-7-5-6-12(3)13(14)4/h5-7,10-11,16H,8-9H2,1-4H3. The van der Waals surface area contributed by atoms with E-state index in [1.54, 1.807) is 6.33 Å². The topological polar surface area (TPSA) is 42.7 Å². The first-order valence-corrected chi connectivity index (χ1v) is 6.74. The molecule has 1 heterocycles. The predicted octanol–water partition coefficient (Wildman–Crippen LogP) is 3.16. The van der Waals surface area contributed by atoms with Gasteiger partial charge in [-0.1, -0.05) is 26.0 Å². The van der Waals surface area contributed by atoms with Gasteiger partial charge < -0.3 is 5.32 Å². The molecule has 0 radical (unpaired) electrons. The monoisotopic (exact) mass is 258 g/mol. The molecule has 4 nitrogen and oxygen atoms in total. The first-order valence-electron chi connectivity index (χ1n) is 6.74. The molecule has 0 saturated heterocycles. The van der Waals surface area contributed by atoms with Gasteiger partial charge in [-0.25, -0.2) is 9.67 Å². The van der Waals surface area contributed by atoms with Crippen LogP contribution >= 0.6 is 0 Å². The van der Waals surface area contributed by atoms with Gasteiger partial charge in [-0.15, -0.1) is 0 Å². The average Bonchev–Trinajstić information content (AvgIpc) is 2.78. The van der Waals surface area contributed by atoms with Gasteiger partial charge in [0.25, 0.3) is 0 Å². The Morgan fingerprint density at radius 1 is 1.26 bits per heavy atom. The van der Waals surface area contributed by atoms with Crippen molar-refractivity contribution in [3.05, 3.63) is 41.5 Å². The highest BCUT2D eigenvalue weighted by Gasteiger charge is 2.07. The van der Waals surface area contributed by atoms with Crippen molar-refractivity contribution in [3.63, 3.8) is 0 Å². The van der Waals surface area contributed by atoms with Crippen molar-refractivity contribution in [1.82, 2.24) is 14.8 Å². The smallest absolute Gasteiger partial charge is 0.146 e. The highest BCUT2D eigenvalue weighted by atomic mass is 15.3. The minimum atomic E-state index is 0.571. The van der Waals surface area contributed by atoms with Gasteiger partial charge in [0.15, 0.2) is 0 Å². The third-order valence-electron chi connectivity index (χ3n) is 3.28. The van der Waals surface area contributed by atoms with Gasteiger partial charge in [0.1, 0.15) is 12.2 Å². The van der Waals surface area contributed by atoms with Crippen LogP contribution in [0.4, 0.5) is 5.69 Å². The molecule has 2 aromatic rings. The zero-order chi connectivity index (χ0) is 13.8. The van der Waals surface area contributed by atoms with E-state index < -0.39 is 0 Å². The van der Waals surface area contributed by atoms with Gasteiger partial charge in [-0.05, 0) is 37.0 Å². The lowest BCUT2D eigenvalue weighted by atomic mass is 10.1.